The molecule has 0 atom stereocenters. The Morgan fingerprint density at radius 2 is 1.65 bits per heavy atom. The Kier molecular flexibility index (Phi) is 5.98. The van der Waals surface area contributed by atoms with Gasteiger partial charge in [0.05, 0.1) is 0 Å². The van der Waals surface area contributed by atoms with E-state index in [1.54, 1.807) is 0 Å². The average molecular weight is 304 g/mol. The van der Waals surface area contributed by atoms with Crippen LogP contribution in [0.25, 0.3) is 17.2 Å². The van der Waals surface area contributed by atoms with E-state index in [1.165, 1.54) is 46.2 Å². The minimum atomic E-state index is 1.12. The Balaban J connectivity index is 2.41. The van der Waals surface area contributed by atoms with Crippen molar-refractivity contribution >= 4 is 17.2 Å². The largest absolute Gasteiger partial charge is 0.0955 e. The number of rotatable bonds is 6. The highest BCUT2D eigenvalue weighted by molar-refractivity contribution is 5.83. The third kappa shape index (κ3) is 4.69. The molecule has 0 nitrogen and oxygen atoms in total. The highest BCUT2D eigenvalue weighted by Crippen LogP contribution is 2.26. The molecule has 0 heterocycles. The van der Waals surface area contributed by atoms with Gasteiger partial charge in [-0.25, -0.2) is 0 Å². The molecule has 0 aliphatic heterocycles. The van der Waals surface area contributed by atoms with Crippen LogP contribution in [0.2, 0.25) is 0 Å². The van der Waals surface area contributed by atoms with Gasteiger partial charge >= 0.3 is 0 Å². The Morgan fingerprint density at radius 3 is 2.26 bits per heavy atom. The molecule has 0 amide bonds. The van der Waals surface area contributed by atoms with Gasteiger partial charge in [-0.1, -0.05) is 79.6 Å². The van der Waals surface area contributed by atoms with Crippen LogP contribution in [0.15, 0.2) is 49.0 Å². The molecule has 0 bridgehead atoms. The van der Waals surface area contributed by atoms with Crippen LogP contribution in [0, 0.1) is 13.8 Å². The van der Waals surface area contributed by atoms with E-state index in [2.05, 4.69) is 82.8 Å². The number of benzene rings is 2. The molecule has 0 aromatic heterocycles. The molecule has 0 fully saturated rings. The SMILES string of the molecule is C=C(C)c1ccc(C(=Cc2cc(C)ccc2C)CCCC)cc1. The van der Waals surface area contributed by atoms with Crippen molar-refractivity contribution in [2.75, 3.05) is 0 Å². The van der Waals surface area contributed by atoms with Crippen LogP contribution >= 0.6 is 0 Å². The lowest BCUT2D eigenvalue weighted by molar-refractivity contribution is 0.825. The molecule has 0 aliphatic rings. The highest BCUT2D eigenvalue weighted by atomic mass is 14.1. The lowest BCUT2D eigenvalue weighted by Crippen LogP contribution is -1.89. The van der Waals surface area contributed by atoms with Gasteiger partial charge in [0.1, 0.15) is 0 Å². The van der Waals surface area contributed by atoms with E-state index < -0.39 is 0 Å². The van der Waals surface area contributed by atoms with Crippen LogP contribution in [-0.4, -0.2) is 0 Å². The van der Waals surface area contributed by atoms with E-state index in [-0.39, 0.29) is 0 Å². The average Bonchev–Trinajstić information content (AvgIpc) is 2.54. The van der Waals surface area contributed by atoms with Crippen molar-refractivity contribution in [3.63, 3.8) is 0 Å². The van der Waals surface area contributed by atoms with Crippen LogP contribution < -0.4 is 0 Å². The maximum absolute atomic E-state index is 4.02. The molecule has 0 saturated carbocycles. The molecule has 120 valence electrons. The van der Waals surface area contributed by atoms with Crippen molar-refractivity contribution in [2.24, 2.45) is 0 Å². The molecule has 0 N–H and O–H groups in total. The summed E-state index contributed by atoms with van der Waals surface area (Å²) < 4.78 is 0. The van der Waals surface area contributed by atoms with Gasteiger partial charge in [0.15, 0.2) is 0 Å². The van der Waals surface area contributed by atoms with E-state index in [4.69, 9.17) is 0 Å². The van der Waals surface area contributed by atoms with Gasteiger partial charge in [0.25, 0.3) is 0 Å². The summed E-state index contributed by atoms with van der Waals surface area (Å²) in [5.41, 5.74) is 9.07. The highest BCUT2D eigenvalue weighted by Gasteiger charge is 2.05. The van der Waals surface area contributed by atoms with Crippen molar-refractivity contribution in [2.45, 2.75) is 47.0 Å². The zero-order valence-corrected chi connectivity index (χ0v) is 14.9. The van der Waals surface area contributed by atoms with E-state index in [0.29, 0.717) is 0 Å². The van der Waals surface area contributed by atoms with Gasteiger partial charge in [0, 0.05) is 0 Å². The maximum Gasteiger partial charge on any atom is -0.0222 e. The fraction of sp³-hybridized carbons (Fsp3) is 0.304. The lowest BCUT2D eigenvalue weighted by Gasteiger charge is -2.11. The summed E-state index contributed by atoms with van der Waals surface area (Å²) in [5.74, 6) is 0. The minimum Gasteiger partial charge on any atom is -0.0955 e. The minimum absolute atomic E-state index is 1.12. The Morgan fingerprint density at radius 1 is 1.00 bits per heavy atom. The molecule has 0 heteroatoms. The quantitative estimate of drug-likeness (QED) is 0.501. The van der Waals surface area contributed by atoms with Crippen LogP contribution in [0.3, 0.4) is 0 Å². The fourth-order valence-electron chi connectivity index (χ4n) is 2.74. The van der Waals surface area contributed by atoms with Crippen molar-refractivity contribution in [1.29, 1.82) is 0 Å². The van der Waals surface area contributed by atoms with Gasteiger partial charge < -0.3 is 0 Å². The van der Waals surface area contributed by atoms with Gasteiger partial charge in [-0.15, -0.1) is 0 Å². The molecule has 0 unspecified atom stereocenters. The predicted molar refractivity (Wildman–Crippen MR) is 104 cm³/mol. The molecule has 0 aliphatic carbocycles. The van der Waals surface area contributed by atoms with Crippen LogP contribution in [0.5, 0.6) is 0 Å². The van der Waals surface area contributed by atoms with Gasteiger partial charge in [-0.3, -0.25) is 0 Å². The lowest BCUT2D eigenvalue weighted by atomic mass is 9.94. The second-order valence-electron chi connectivity index (χ2n) is 6.49. The van der Waals surface area contributed by atoms with E-state index in [1.807, 2.05) is 0 Å². The van der Waals surface area contributed by atoms with Crippen LogP contribution in [0.1, 0.15) is 60.9 Å². The number of aryl methyl sites for hydroxylation is 2. The number of hydrogen-bond donors (Lipinski definition) is 0. The van der Waals surface area contributed by atoms with Gasteiger partial charge in [0.2, 0.25) is 0 Å². The normalized spacial score (nSPS) is 11.6. The second-order valence-corrected chi connectivity index (χ2v) is 6.49. The van der Waals surface area contributed by atoms with Crippen molar-refractivity contribution < 1.29 is 0 Å². The Labute approximate surface area is 141 Å². The second kappa shape index (κ2) is 7.97. The number of allylic oxidation sites excluding steroid dienone is 2. The summed E-state index contributed by atoms with van der Waals surface area (Å²) in [7, 11) is 0. The maximum atomic E-state index is 4.02. The predicted octanol–water partition coefficient (Wildman–Crippen LogP) is 7.07. The van der Waals surface area contributed by atoms with Crippen molar-refractivity contribution in [1.82, 2.24) is 0 Å². The summed E-state index contributed by atoms with van der Waals surface area (Å²) in [4.78, 5) is 0. The summed E-state index contributed by atoms with van der Waals surface area (Å²) in [6, 6.07) is 15.5. The van der Waals surface area contributed by atoms with Crippen LogP contribution in [0.4, 0.5) is 0 Å². The molecule has 0 spiro atoms. The Bertz CT molecular complexity index is 699. The first-order valence-corrected chi connectivity index (χ1v) is 8.55. The first-order chi connectivity index (χ1) is 11.0. The molecule has 23 heavy (non-hydrogen) atoms. The van der Waals surface area contributed by atoms with E-state index in [0.717, 1.165) is 12.0 Å². The van der Waals surface area contributed by atoms with Crippen molar-refractivity contribution in [3.8, 4) is 0 Å². The van der Waals surface area contributed by atoms with E-state index in [9.17, 15) is 0 Å². The number of hydrogen-bond acceptors (Lipinski definition) is 0. The molecule has 2 aromatic rings. The first kappa shape index (κ1) is 17.3. The summed E-state index contributed by atoms with van der Waals surface area (Å²) in [6.07, 6.45) is 5.93. The van der Waals surface area contributed by atoms with Crippen molar-refractivity contribution in [3.05, 3.63) is 76.9 Å². The molecule has 0 saturated heterocycles. The fourth-order valence-corrected chi connectivity index (χ4v) is 2.74. The number of unbranched alkanes of at least 4 members (excludes halogenated alkanes) is 1. The molecular formula is C23H28. The molecule has 0 radical (unpaired) electrons. The summed E-state index contributed by atoms with van der Waals surface area (Å²) in [6.45, 7) is 12.7. The zero-order valence-electron chi connectivity index (χ0n) is 14.9. The summed E-state index contributed by atoms with van der Waals surface area (Å²) in [5, 5.41) is 0. The topological polar surface area (TPSA) is 0 Å². The van der Waals surface area contributed by atoms with Gasteiger partial charge in [-0.2, -0.15) is 0 Å². The summed E-state index contributed by atoms with van der Waals surface area (Å²) >= 11 is 0. The monoisotopic (exact) mass is 304 g/mol. The first-order valence-electron chi connectivity index (χ1n) is 8.55. The van der Waals surface area contributed by atoms with Crippen LogP contribution in [-0.2, 0) is 0 Å². The Hall–Kier alpha value is -2.08. The van der Waals surface area contributed by atoms with Gasteiger partial charge in [-0.05, 0) is 61.4 Å². The third-order valence-electron chi connectivity index (χ3n) is 4.31. The standard InChI is InChI=1S/C23H28/c1-6-7-8-22(16-23-15-18(4)9-10-19(23)5)21-13-11-20(12-14-21)17(2)3/h9-16H,2,6-8H2,1,3-5H3. The molecular weight excluding hydrogens is 276 g/mol. The third-order valence-corrected chi connectivity index (χ3v) is 4.31. The van der Waals surface area contributed by atoms with E-state index >= 15 is 0 Å². The zero-order chi connectivity index (χ0) is 16.8. The smallest absolute Gasteiger partial charge is 0.0222 e. The molecule has 2 rings (SSSR count). The molecule has 2 aromatic carbocycles.